The highest BCUT2D eigenvalue weighted by molar-refractivity contribution is 6.30. The van der Waals surface area contributed by atoms with Gasteiger partial charge in [-0.05, 0) is 42.8 Å². The molecule has 0 N–H and O–H groups in total. The summed E-state index contributed by atoms with van der Waals surface area (Å²) in [7, 11) is 0. The van der Waals surface area contributed by atoms with Gasteiger partial charge in [-0.2, -0.15) is 0 Å². The summed E-state index contributed by atoms with van der Waals surface area (Å²) >= 11 is 5.92. The van der Waals surface area contributed by atoms with Crippen LogP contribution in [0.2, 0.25) is 5.02 Å². The third kappa shape index (κ3) is 3.36. The van der Waals surface area contributed by atoms with Gasteiger partial charge in [-0.1, -0.05) is 29.8 Å². The Morgan fingerprint density at radius 1 is 1.11 bits per heavy atom. The van der Waals surface area contributed by atoms with Crippen molar-refractivity contribution in [2.75, 3.05) is 11.4 Å². The number of anilines is 2. The van der Waals surface area contributed by atoms with Crippen LogP contribution in [0, 0.1) is 6.92 Å². The molecule has 0 spiro atoms. The minimum atomic E-state index is 0.497. The summed E-state index contributed by atoms with van der Waals surface area (Å²) in [6.07, 6.45) is 1.44. The number of aldehydes is 1. The zero-order chi connectivity index (χ0) is 13.7. The molecule has 0 saturated carbocycles. The standard InChI is InChI=1S/C16H16ClNO/c1-13-5-2-3-6-16(13)18(11-4-12-19)15-9-7-14(17)8-10-15/h2-3,5-10,12H,4,11H2,1H3. The lowest BCUT2D eigenvalue weighted by molar-refractivity contribution is -0.107. The Morgan fingerprint density at radius 2 is 1.79 bits per heavy atom. The van der Waals surface area contributed by atoms with Gasteiger partial charge in [-0.15, -0.1) is 0 Å². The highest BCUT2D eigenvalue weighted by Gasteiger charge is 2.10. The maximum absolute atomic E-state index is 10.7. The third-order valence-electron chi connectivity index (χ3n) is 3.02. The van der Waals surface area contributed by atoms with Crippen LogP contribution in [0.15, 0.2) is 48.5 Å². The molecule has 0 radical (unpaired) electrons. The number of rotatable bonds is 5. The van der Waals surface area contributed by atoms with Crippen molar-refractivity contribution in [3.8, 4) is 0 Å². The summed E-state index contributed by atoms with van der Waals surface area (Å²) in [5, 5.41) is 0.712. The molecule has 0 fully saturated rings. The average molecular weight is 274 g/mol. The quantitative estimate of drug-likeness (QED) is 0.754. The summed E-state index contributed by atoms with van der Waals surface area (Å²) < 4.78 is 0. The molecule has 0 heterocycles. The Labute approximate surface area is 118 Å². The van der Waals surface area contributed by atoms with Crippen molar-refractivity contribution in [2.45, 2.75) is 13.3 Å². The van der Waals surface area contributed by atoms with Gasteiger partial charge in [0, 0.05) is 29.4 Å². The third-order valence-corrected chi connectivity index (χ3v) is 3.27. The molecule has 98 valence electrons. The molecule has 3 heteroatoms. The summed E-state index contributed by atoms with van der Waals surface area (Å²) in [6, 6.07) is 15.8. The van der Waals surface area contributed by atoms with E-state index in [4.69, 9.17) is 11.6 Å². The van der Waals surface area contributed by atoms with Crippen LogP contribution in [-0.4, -0.2) is 12.8 Å². The molecular formula is C16H16ClNO. The fourth-order valence-corrected chi connectivity index (χ4v) is 2.18. The second kappa shape index (κ2) is 6.39. The van der Waals surface area contributed by atoms with Crippen molar-refractivity contribution in [1.82, 2.24) is 0 Å². The van der Waals surface area contributed by atoms with E-state index in [0.29, 0.717) is 18.0 Å². The van der Waals surface area contributed by atoms with Crippen LogP contribution in [0.1, 0.15) is 12.0 Å². The lowest BCUT2D eigenvalue weighted by atomic mass is 10.1. The summed E-state index contributed by atoms with van der Waals surface area (Å²) in [4.78, 5) is 12.8. The van der Waals surface area contributed by atoms with Gasteiger partial charge in [0.2, 0.25) is 0 Å². The number of hydrogen-bond donors (Lipinski definition) is 0. The second-order valence-electron chi connectivity index (χ2n) is 4.37. The first kappa shape index (κ1) is 13.6. The minimum Gasteiger partial charge on any atom is -0.341 e. The van der Waals surface area contributed by atoms with E-state index in [9.17, 15) is 4.79 Å². The maximum Gasteiger partial charge on any atom is 0.121 e. The molecular weight excluding hydrogens is 258 g/mol. The fraction of sp³-hybridized carbons (Fsp3) is 0.188. The van der Waals surface area contributed by atoms with Gasteiger partial charge in [-0.25, -0.2) is 0 Å². The molecule has 0 amide bonds. The first-order chi connectivity index (χ1) is 9.22. The maximum atomic E-state index is 10.7. The number of aryl methyl sites for hydroxylation is 1. The molecule has 0 aliphatic heterocycles. The SMILES string of the molecule is Cc1ccccc1N(CCC=O)c1ccc(Cl)cc1. The molecule has 0 aliphatic carbocycles. The Hall–Kier alpha value is -1.80. The van der Waals surface area contributed by atoms with Gasteiger partial charge in [0.25, 0.3) is 0 Å². The van der Waals surface area contributed by atoms with Crippen molar-refractivity contribution in [1.29, 1.82) is 0 Å². The number of hydrogen-bond acceptors (Lipinski definition) is 2. The highest BCUT2D eigenvalue weighted by Crippen LogP contribution is 2.29. The van der Waals surface area contributed by atoms with Crippen molar-refractivity contribution in [2.24, 2.45) is 0 Å². The van der Waals surface area contributed by atoms with Crippen molar-refractivity contribution in [3.05, 3.63) is 59.1 Å². The summed E-state index contributed by atoms with van der Waals surface area (Å²) in [6.45, 7) is 2.73. The van der Waals surface area contributed by atoms with Gasteiger partial charge >= 0.3 is 0 Å². The normalized spacial score (nSPS) is 10.2. The van der Waals surface area contributed by atoms with E-state index in [-0.39, 0.29) is 0 Å². The molecule has 2 aromatic rings. The lowest BCUT2D eigenvalue weighted by Gasteiger charge is -2.26. The van der Waals surface area contributed by atoms with Crippen LogP contribution >= 0.6 is 11.6 Å². The van der Waals surface area contributed by atoms with Crippen molar-refractivity contribution >= 4 is 29.3 Å². The van der Waals surface area contributed by atoms with E-state index in [2.05, 4.69) is 24.0 Å². The molecule has 0 aliphatic rings. The van der Waals surface area contributed by atoms with E-state index in [0.717, 1.165) is 17.7 Å². The largest absolute Gasteiger partial charge is 0.341 e. The highest BCUT2D eigenvalue weighted by atomic mass is 35.5. The molecule has 2 nitrogen and oxygen atoms in total. The number of para-hydroxylation sites is 1. The monoisotopic (exact) mass is 273 g/mol. The van der Waals surface area contributed by atoms with Gasteiger partial charge in [0.05, 0.1) is 0 Å². The molecule has 2 rings (SSSR count). The van der Waals surface area contributed by atoms with E-state index >= 15 is 0 Å². The lowest BCUT2D eigenvalue weighted by Crippen LogP contribution is -2.19. The molecule has 0 aromatic heterocycles. The minimum absolute atomic E-state index is 0.497. The smallest absolute Gasteiger partial charge is 0.121 e. The number of carbonyl (C=O) groups is 1. The topological polar surface area (TPSA) is 20.3 Å². The first-order valence-corrected chi connectivity index (χ1v) is 6.62. The fourth-order valence-electron chi connectivity index (χ4n) is 2.06. The zero-order valence-corrected chi connectivity index (χ0v) is 11.6. The molecule has 0 saturated heterocycles. The van der Waals surface area contributed by atoms with Gasteiger partial charge < -0.3 is 9.69 Å². The number of nitrogens with zero attached hydrogens (tertiary/aromatic N) is 1. The molecule has 0 atom stereocenters. The number of carbonyl (C=O) groups excluding carboxylic acids is 1. The van der Waals surface area contributed by atoms with E-state index < -0.39 is 0 Å². The summed E-state index contributed by atoms with van der Waals surface area (Å²) in [5.74, 6) is 0. The van der Waals surface area contributed by atoms with E-state index in [1.165, 1.54) is 5.56 Å². The van der Waals surface area contributed by atoms with Crippen LogP contribution in [-0.2, 0) is 4.79 Å². The predicted octanol–water partition coefficient (Wildman–Crippen LogP) is 4.38. The van der Waals surface area contributed by atoms with E-state index in [1.807, 2.05) is 36.4 Å². The predicted molar refractivity (Wildman–Crippen MR) is 80.3 cm³/mol. The number of benzene rings is 2. The molecule has 0 unspecified atom stereocenters. The van der Waals surface area contributed by atoms with Gasteiger partial charge in [-0.3, -0.25) is 0 Å². The first-order valence-electron chi connectivity index (χ1n) is 6.25. The average Bonchev–Trinajstić information content (AvgIpc) is 2.43. The van der Waals surface area contributed by atoms with Crippen LogP contribution in [0.5, 0.6) is 0 Å². The Balaban J connectivity index is 2.38. The van der Waals surface area contributed by atoms with Gasteiger partial charge in [0.15, 0.2) is 0 Å². The van der Waals surface area contributed by atoms with Crippen LogP contribution in [0.25, 0.3) is 0 Å². The Bertz CT molecular complexity index is 551. The van der Waals surface area contributed by atoms with Crippen molar-refractivity contribution < 1.29 is 4.79 Å². The Morgan fingerprint density at radius 3 is 2.42 bits per heavy atom. The van der Waals surface area contributed by atoms with Crippen molar-refractivity contribution in [3.63, 3.8) is 0 Å². The van der Waals surface area contributed by atoms with Crippen LogP contribution < -0.4 is 4.90 Å². The number of halogens is 1. The van der Waals surface area contributed by atoms with Crippen LogP contribution in [0.3, 0.4) is 0 Å². The Kier molecular flexibility index (Phi) is 4.58. The molecule has 0 bridgehead atoms. The molecule has 19 heavy (non-hydrogen) atoms. The van der Waals surface area contributed by atoms with E-state index in [1.54, 1.807) is 0 Å². The van der Waals surface area contributed by atoms with Gasteiger partial charge in [0.1, 0.15) is 6.29 Å². The zero-order valence-electron chi connectivity index (χ0n) is 10.8. The summed E-state index contributed by atoms with van der Waals surface area (Å²) in [5.41, 5.74) is 3.34. The molecule has 2 aromatic carbocycles. The van der Waals surface area contributed by atoms with Crippen LogP contribution in [0.4, 0.5) is 11.4 Å². The second-order valence-corrected chi connectivity index (χ2v) is 4.81.